The smallest absolute Gasteiger partial charge is 0.258 e. The Morgan fingerprint density at radius 1 is 1.03 bits per heavy atom. The van der Waals surface area contributed by atoms with E-state index in [4.69, 9.17) is 9.15 Å². The lowest BCUT2D eigenvalue weighted by Gasteiger charge is -2.10. The molecular formula is C24H18FNO5. The lowest BCUT2D eigenvalue weighted by atomic mass is 10.1. The first-order valence-electron chi connectivity index (χ1n) is 9.50. The van der Waals surface area contributed by atoms with Crippen molar-refractivity contribution < 1.29 is 23.4 Å². The highest BCUT2D eigenvalue weighted by Crippen LogP contribution is 2.31. The zero-order valence-corrected chi connectivity index (χ0v) is 16.3. The first-order chi connectivity index (χ1) is 15.0. The van der Waals surface area contributed by atoms with E-state index in [0.29, 0.717) is 16.9 Å². The van der Waals surface area contributed by atoms with Gasteiger partial charge < -0.3 is 19.6 Å². The Labute approximate surface area is 176 Å². The summed E-state index contributed by atoms with van der Waals surface area (Å²) >= 11 is 0. The zero-order chi connectivity index (χ0) is 21.8. The number of carbonyl (C=O) groups excluding carboxylic acids is 1. The second kappa shape index (κ2) is 8.71. The Morgan fingerprint density at radius 2 is 1.77 bits per heavy atom. The normalized spacial score (nSPS) is 10.7. The molecule has 0 fully saturated rings. The molecule has 0 bridgehead atoms. The van der Waals surface area contributed by atoms with E-state index >= 15 is 0 Å². The Bertz CT molecular complexity index is 1300. The minimum atomic E-state index is -0.470. The van der Waals surface area contributed by atoms with Crippen LogP contribution in [-0.2, 0) is 11.3 Å². The number of nitrogens with one attached hydrogen (secondary N) is 1. The van der Waals surface area contributed by atoms with Crippen LogP contribution in [0.25, 0.3) is 22.3 Å². The second-order valence-corrected chi connectivity index (χ2v) is 6.81. The van der Waals surface area contributed by atoms with E-state index in [9.17, 15) is 19.1 Å². The molecule has 0 atom stereocenters. The number of amides is 1. The predicted octanol–water partition coefficient (Wildman–Crippen LogP) is 4.00. The van der Waals surface area contributed by atoms with Gasteiger partial charge in [0, 0.05) is 35.9 Å². The van der Waals surface area contributed by atoms with Crippen LogP contribution in [0.4, 0.5) is 4.39 Å². The van der Waals surface area contributed by atoms with Gasteiger partial charge in [-0.1, -0.05) is 48.5 Å². The van der Waals surface area contributed by atoms with E-state index in [0.717, 1.165) is 0 Å². The number of phenols is 1. The average molecular weight is 419 g/mol. The molecule has 4 rings (SSSR count). The summed E-state index contributed by atoms with van der Waals surface area (Å²) in [6, 6.07) is 19.2. The molecule has 0 unspecified atom stereocenters. The molecule has 31 heavy (non-hydrogen) atoms. The van der Waals surface area contributed by atoms with Crippen molar-refractivity contribution >= 4 is 16.9 Å². The molecule has 0 aliphatic heterocycles. The average Bonchev–Trinajstić information content (AvgIpc) is 2.77. The summed E-state index contributed by atoms with van der Waals surface area (Å²) < 4.78 is 24.9. The van der Waals surface area contributed by atoms with Crippen molar-refractivity contribution in [2.75, 3.05) is 6.61 Å². The Morgan fingerprint density at radius 3 is 2.55 bits per heavy atom. The molecule has 2 N–H and O–H groups in total. The molecule has 0 saturated carbocycles. The monoisotopic (exact) mass is 419 g/mol. The van der Waals surface area contributed by atoms with E-state index in [1.165, 1.54) is 24.3 Å². The minimum absolute atomic E-state index is 0.0210. The van der Waals surface area contributed by atoms with Gasteiger partial charge in [-0.3, -0.25) is 9.59 Å². The summed E-state index contributed by atoms with van der Waals surface area (Å²) in [7, 11) is 0. The van der Waals surface area contributed by atoms with Crippen LogP contribution in [0.5, 0.6) is 11.5 Å². The third kappa shape index (κ3) is 4.56. The van der Waals surface area contributed by atoms with E-state index in [1.54, 1.807) is 30.3 Å². The Kier molecular flexibility index (Phi) is 5.66. The number of rotatable bonds is 6. The van der Waals surface area contributed by atoms with E-state index < -0.39 is 17.2 Å². The van der Waals surface area contributed by atoms with Gasteiger partial charge in [0.25, 0.3) is 5.91 Å². The lowest BCUT2D eigenvalue weighted by Crippen LogP contribution is -2.28. The van der Waals surface area contributed by atoms with Crippen molar-refractivity contribution in [2.45, 2.75) is 6.54 Å². The first kappa shape index (κ1) is 20.2. The fraction of sp³-hybridized carbons (Fsp3) is 0.0833. The van der Waals surface area contributed by atoms with Crippen molar-refractivity contribution in [1.29, 1.82) is 0 Å². The van der Waals surface area contributed by atoms with Crippen LogP contribution in [0.3, 0.4) is 0 Å². The standard InChI is InChI=1S/C24H18FNO5/c25-18-9-5-4-8-16(18)13-26-23(29)14-30-17-10-19(27)24-20(28)12-21(31-22(24)11-17)15-6-2-1-3-7-15/h1-12,27H,13-14H2,(H,26,29). The fourth-order valence-electron chi connectivity index (χ4n) is 3.11. The molecule has 3 aromatic carbocycles. The first-order valence-corrected chi connectivity index (χ1v) is 9.50. The molecule has 6 nitrogen and oxygen atoms in total. The number of aromatic hydroxyl groups is 1. The fourth-order valence-corrected chi connectivity index (χ4v) is 3.11. The molecule has 1 amide bonds. The molecule has 0 radical (unpaired) electrons. The van der Waals surface area contributed by atoms with Crippen molar-refractivity contribution in [3.8, 4) is 22.8 Å². The van der Waals surface area contributed by atoms with Crippen molar-refractivity contribution in [3.63, 3.8) is 0 Å². The van der Waals surface area contributed by atoms with Crippen LogP contribution < -0.4 is 15.5 Å². The van der Waals surface area contributed by atoms with Gasteiger partial charge in [-0.2, -0.15) is 0 Å². The predicted molar refractivity (Wildman–Crippen MR) is 113 cm³/mol. The highest BCUT2D eigenvalue weighted by Gasteiger charge is 2.14. The van der Waals surface area contributed by atoms with Crippen LogP contribution in [0.1, 0.15) is 5.56 Å². The summed E-state index contributed by atoms with van der Waals surface area (Å²) in [5.41, 5.74) is 0.800. The third-order valence-electron chi connectivity index (χ3n) is 4.65. The largest absolute Gasteiger partial charge is 0.507 e. The van der Waals surface area contributed by atoms with Crippen molar-refractivity contribution in [3.05, 3.63) is 94.4 Å². The van der Waals surface area contributed by atoms with Gasteiger partial charge in [-0.05, 0) is 6.07 Å². The number of hydrogen-bond donors (Lipinski definition) is 2. The van der Waals surface area contributed by atoms with Crippen LogP contribution in [0, 0.1) is 5.82 Å². The van der Waals surface area contributed by atoms with Gasteiger partial charge in [-0.15, -0.1) is 0 Å². The van der Waals surface area contributed by atoms with Crippen LogP contribution in [0.2, 0.25) is 0 Å². The van der Waals surface area contributed by atoms with Gasteiger partial charge in [0.15, 0.2) is 12.0 Å². The Hall–Kier alpha value is -4.13. The highest BCUT2D eigenvalue weighted by atomic mass is 19.1. The maximum Gasteiger partial charge on any atom is 0.258 e. The number of fused-ring (bicyclic) bond motifs is 1. The molecule has 1 aromatic heterocycles. The van der Waals surface area contributed by atoms with Gasteiger partial charge in [-0.25, -0.2) is 4.39 Å². The summed E-state index contributed by atoms with van der Waals surface area (Å²) in [6.07, 6.45) is 0. The van der Waals surface area contributed by atoms with Gasteiger partial charge in [0.05, 0.1) is 0 Å². The molecular weight excluding hydrogens is 401 g/mol. The van der Waals surface area contributed by atoms with Crippen LogP contribution >= 0.6 is 0 Å². The lowest BCUT2D eigenvalue weighted by molar-refractivity contribution is -0.123. The zero-order valence-electron chi connectivity index (χ0n) is 16.3. The number of hydrogen-bond acceptors (Lipinski definition) is 5. The third-order valence-corrected chi connectivity index (χ3v) is 4.65. The molecule has 0 saturated heterocycles. The quantitative estimate of drug-likeness (QED) is 0.493. The second-order valence-electron chi connectivity index (χ2n) is 6.81. The maximum atomic E-state index is 13.6. The molecule has 0 aliphatic carbocycles. The van der Waals surface area contributed by atoms with Gasteiger partial charge in [0.1, 0.15) is 34.0 Å². The minimum Gasteiger partial charge on any atom is -0.507 e. The molecule has 7 heteroatoms. The number of halogens is 1. The molecule has 156 valence electrons. The Balaban J connectivity index is 1.51. The number of carbonyl (C=O) groups is 1. The van der Waals surface area contributed by atoms with Crippen LogP contribution in [0.15, 0.2) is 82.0 Å². The summed E-state index contributed by atoms with van der Waals surface area (Å²) in [5.74, 6) is -0.695. The maximum absolute atomic E-state index is 13.6. The number of ether oxygens (including phenoxy) is 1. The van der Waals surface area contributed by atoms with Crippen molar-refractivity contribution in [2.24, 2.45) is 0 Å². The van der Waals surface area contributed by atoms with Crippen LogP contribution in [-0.4, -0.2) is 17.6 Å². The summed E-state index contributed by atoms with van der Waals surface area (Å²) in [6.45, 7) is -0.338. The SMILES string of the molecule is O=C(COc1cc(O)c2c(=O)cc(-c3ccccc3)oc2c1)NCc1ccccc1F. The molecule has 4 aromatic rings. The number of benzene rings is 3. The van der Waals surface area contributed by atoms with E-state index in [1.807, 2.05) is 18.2 Å². The highest BCUT2D eigenvalue weighted by molar-refractivity contribution is 5.86. The topological polar surface area (TPSA) is 88.8 Å². The van der Waals surface area contributed by atoms with Crippen molar-refractivity contribution in [1.82, 2.24) is 5.32 Å². The number of phenolic OH excluding ortho intramolecular Hbond substituents is 1. The van der Waals surface area contributed by atoms with Gasteiger partial charge in [0.2, 0.25) is 0 Å². The summed E-state index contributed by atoms with van der Waals surface area (Å²) in [4.78, 5) is 24.5. The molecule has 0 spiro atoms. The van der Waals surface area contributed by atoms with E-state index in [-0.39, 0.29) is 35.6 Å². The molecule has 1 heterocycles. The van der Waals surface area contributed by atoms with E-state index in [2.05, 4.69) is 5.32 Å². The summed E-state index contributed by atoms with van der Waals surface area (Å²) in [5, 5.41) is 12.8. The molecule has 0 aliphatic rings. The van der Waals surface area contributed by atoms with Gasteiger partial charge >= 0.3 is 0 Å².